The molecular formula is C13H18BrNO2. The lowest BCUT2D eigenvalue weighted by Crippen LogP contribution is -2.25. The van der Waals surface area contributed by atoms with Crippen LogP contribution in [0.3, 0.4) is 0 Å². The Balaban J connectivity index is 2.42. The Kier molecular flexibility index (Phi) is 6.05. The minimum atomic E-state index is 0.125. The first-order valence-corrected chi connectivity index (χ1v) is 6.55. The number of carbonyl (C=O) groups is 1. The predicted octanol–water partition coefficient (Wildman–Crippen LogP) is 2.92. The molecule has 0 unspecified atom stereocenters. The van der Waals surface area contributed by atoms with Gasteiger partial charge in [0.1, 0.15) is 5.75 Å². The van der Waals surface area contributed by atoms with Gasteiger partial charge in [0.25, 0.3) is 0 Å². The lowest BCUT2D eigenvalue weighted by atomic mass is 10.1. The zero-order valence-electron chi connectivity index (χ0n) is 10.3. The highest BCUT2D eigenvalue weighted by Gasteiger charge is 2.02. The Morgan fingerprint density at radius 2 is 2.24 bits per heavy atom. The molecule has 0 aliphatic heterocycles. The molecule has 1 aromatic carbocycles. The Bertz CT molecular complexity index is 380. The van der Waals surface area contributed by atoms with Crippen LogP contribution in [-0.4, -0.2) is 19.6 Å². The van der Waals surface area contributed by atoms with E-state index in [9.17, 15) is 4.79 Å². The predicted molar refractivity (Wildman–Crippen MR) is 72.3 cm³/mol. The van der Waals surface area contributed by atoms with Crippen molar-refractivity contribution in [3.8, 4) is 5.75 Å². The molecule has 0 spiro atoms. The third kappa shape index (κ3) is 4.77. The normalized spacial score (nSPS) is 10.1. The maximum atomic E-state index is 11.3. The zero-order chi connectivity index (χ0) is 12.7. The van der Waals surface area contributed by atoms with Crippen LogP contribution in [0.5, 0.6) is 5.75 Å². The van der Waals surface area contributed by atoms with E-state index in [0.717, 1.165) is 23.1 Å². The Hall–Kier alpha value is -1.03. The number of rotatable bonds is 6. The van der Waals surface area contributed by atoms with Crippen LogP contribution in [0.1, 0.15) is 25.3 Å². The first kappa shape index (κ1) is 14.0. The molecule has 3 nitrogen and oxygen atoms in total. The summed E-state index contributed by atoms with van der Waals surface area (Å²) in [5.74, 6) is 0.948. The Labute approximate surface area is 111 Å². The molecule has 0 fully saturated rings. The van der Waals surface area contributed by atoms with Crippen LogP contribution < -0.4 is 10.1 Å². The van der Waals surface area contributed by atoms with E-state index in [2.05, 4.69) is 21.2 Å². The lowest BCUT2D eigenvalue weighted by Gasteiger charge is -2.07. The highest BCUT2D eigenvalue weighted by Crippen LogP contribution is 2.25. The maximum absolute atomic E-state index is 11.3. The average molecular weight is 300 g/mol. The molecule has 0 saturated heterocycles. The van der Waals surface area contributed by atoms with E-state index in [4.69, 9.17) is 4.74 Å². The first-order valence-electron chi connectivity index (χ1n) is 5.76. The van der Waals surface area contributed by atoms with Crippen LogP contribution in [0.4, 0.5) is 0 Å². The summed E-state index contributed by atoms with van der Waals surface area (Å²) in [6.45, 7) is 2.68. The van der Waals surface area contributed by atoms with Crippen molar-refractivity contribution in [2.24, 2.45) is 0 Å². The minimum absolute atomic E-state index is 0.125. The third-order valence-electron chi connectivity index (χ3n) is 2.43. The highest BCUT2D eigenvalue weighted by molar-refractivity contribution is 9.10. The van der Waals surface area contributed by atoms with Crippen molar-refractivity contribution in [2.75, 3.05) is 13.7 Å². The molecule has 0 aromatic heterocycles. The molecule has 94 valence electrons. The van der Waals surface area contributed by atoms with Crippen molar-refractivity contribution in [1.29, 1.82) is 0 Å². The van der Waals surface area contributed by atoms with Gasteiger partial charge in [0.05, 0.1) is 11.6 Å². The highest BCUT2D eigenvalue weighted by atomic mass is 79.9. The summed E-state index contributed by atoms with van der Waals surface area (Å²) in [6.07, 6.45) is 2.32. The largest absolute Gasteiger partial charge is 0.496 e. The number of benzene rings is 1. The van der Waals surface area contributed by atoms with Crippen LogP contribution in [-0.2, 0) is 11.2 Å². The second-order valence-corrected chi connectivity index (χ2v) is 4.67. The quantitative estimate of drug-likeness (QED) is 0.877. The molecule has 0 radical (unpaired) electrons. The van der Waals surface area contributed by atoms with E-state index in [1.807, 2.05) is 25.1 Å². The molecule has 4 heteroatoms. The monoisotopic (exact) mass is 299 g/mol. The van der Waals surface area contributed by atoms with Crippen molar-refractivity contribution in [3.05, 3.63) is 28.2 Å². The minimum Gasteiger partial charge on any atom is -0.496 e. The van der Waals surface area contributed by atoms with Crippen LogP contribution in [0.25, 0.3) is 0 Å². The van der Waals surface area contributed by atoms with E-state index < -0.39 is 0 Å². The number of hydrogen-bond donors (Lipinski definition) is 1. The van der Waals surface area contributed by atoms with Crippen molar-refractivity contribution in [2.45, 2.75) is 26.2 Å². The van der Waals surface area contributed by atoms with Crippen LogP contribution in [0, 0.1) is 0 Å². The standard InChI is InChI=1S/C13H18BrNO2/c1-3-4-13(16)15-8-7-10-5-6-12(17-2)11(14)9-10/h5-6,9H,3-4,7-8H2,1-2H3,(H,15,16). The van der Waals surface area contributed by atoms with Gasteiger partial charge in [-0.15, -0.1) is 0 Å². The number of carbonyl (C=O) groups excluding carboxylic acids is 1. The van der Waals surface area contributed by atoms with Gasteiger partial charge in [-0.1, -0.05) is 13.0 Å². The van der Waals surface area contributed by atoms with E-state index in [-0.39, 0.29) is 5.91 Å². The fourth-order valence-electron chi connectivity index (χ4n) is 1.53. The number of methoxy groups -OCH3 is 1. The van der Waals surface area contributed by atoms with Gasteiger partial charge in [0, 0.05) is 13.0 Å². The SMILES string of the molecule is CCCC(=O)NCCc1ccc(OC)c(Br)c1. The number of hydrogen-bond acceptors (Lipinski definition) is 2. The van der Waals surface area contributed by atoms with E-state index in [1.165, 1.54) is 5.56 Å². The molecule has 0 bridgehead atoms. The molecule has 1 rings (SSSR count). The summed E-state index contributed by atoms with van der Waals surface area (Å²) >= 11 is 3.44. The van der Waals surface area contributed by atoms with Gasteiger partial charge in [-0.2, -0.15) is 0 Å². The summed E-state index contributed by atoms with van der Waals surface area (Å²) in [5, 5.41) is 2.89. The van der Waals surface area contributed by atoms with Crippen LogP contribution in [0.2, 0.25) is 0 Å². The molecular weight excluding hydrogens is 282 g/mol. The van der Waals surface area contributed by atoms with Gasteiger partial charge in [-0.25, -0.2) is 0 Å². The summed E-state index contributed by atoms with van der Waals surface area (Å²) in [6, 6.07) is 5.95. The smallest absolute Gasteiger partial charge is 0.219 e. The number of halogens is 1. The van der Waals surface area contributed by atoms with E-state index in [0.29, 0.717) is 13.0 Å². The molecule has 0 heterocycles. The molecule has 1 N–H and O–H groups in total. The molecule has 1 amide bonds. The molecule has 0 atom stereocenters. The van der Waals surface area contributed by atoms with Crippen molar-refractivity contribution in [3.63, 3.8) is 0 Å². The number of nitrogens with one attached hydrogen (secondary N) is 1. The maximum Gasteiger partial charge on any atom is 0.219 e. The Morgan fingerprint density at radius 1 is 1.47 bits per heavy atom. The fraction of sp³-hybridized carbons (Fsp3) is 0.462. The van der Waals surface area contributed by atoms with Gasteiger partial charge in [-0.3, -0.25) is 4.79 Å². The zero-order valence-corrected chi connectivity index (χ0v) is 11.8. The third-order valence-corrected chi connectivity index (χ3v) is 3.05. The summed E-state index contributed by atoms with van der Waals surface area (Å²) in [5.41, 5.74) is 1.18. The second kappa shape index (κ2) is 7.33. The average Bonchev–Trinajstić information content (AvgIpc) is 2.29. The summed E-state index contributed by atoms with van der Waals surface area (Å²) in [7, 11) is 1.64. The van der Waals surface area contributed by atoms with Crippen molar-refractivity contribution in [1.82, 2.24) is 5.32 Å². The molecule has 0 aliphatic carbocycles. The summed E-state index contributed by atoms with van der Waals surface area (Å²) in [4.78, 5) is 11.3. The Morgan fingerprint density at radius 3 is 2.82 bits per heavy atom. The van der Waals surface area contributed by atoms with Gasteiger partial charge >= 0.3 is 0 Å². The van der Waals surface area contributed by atoms with Gasteiger partial charge in [-0.05, 0) is 46.5 Å². The van der Waals surface area contributed by atoms with Crippen LogP contribution >= 0.6 is 15.9 Å². The van der Waals surface area contributed by atoms with Crippen molar-refractivity contribution < 1.29 is 9.53 Å². The second-order valence-electron chi connectivity index (χ2n) is 3.82. The molecule has 0 aliphatic rings. The van der Waals surface area contributed by atoms with Crippen molar-refractivity contribution >= 4 is 21.8 Å². The fourth-order valence-corrected chi connectivity index (χ4v) is 2.12. The van der Waals surface area contributed by atoms with E-state index in [1.54, 1.807) is 7.11 Å². The molecule has 1 aromatic rings. The van der Waals surface area contributed by atoms with E-state index >= 15 is 0 Å². The molecule has 17 heavy (non-hydrogen) atoms. The van der Waals surface area contributed by atoms with Gasteiger partial charge in [0.15, 0.2) is 0 Å². The first-order chi connectivity index (χ1) is 8.17. The summed E-state index contributed by atoms with van der Waals surface area (Å²) < 4.78 is 6.10. The number of amides is 1. The van der Waals surface area contributed by atoms with Crippen LogP contribution in [0.15, 0.2) is 22.7 Å². The lowest BCUT2D eigenvalue weighted by molar-refractivity contribution is -0.121. The van der Waals surface area contributed by atoms with Gasteiger partial charge < -0.3 is 10.1 Å². The number of ether oxygens (including phenoxy) is 1. The molecule has 0 saturated carbocycles. The van der Waals surface area contributed by atoms with Gasteiger partial charge in [0.2, 0.25) is 5.91 Å². The topological polar surface area (TPSA) is 38.3 Å².